The van der Waals surface area contributed by atoms with Crippen molar-refractivity contribution in [2.75, 3.05) is 18.0 Å². The van der Waals surface area contributed by atoms with E-state index in [4.69, 9.17) is 16.6 Å². The number of thioether (sulfide) groups is 2. The van der Waals surface area contributed by atoms with Gasteiger partial charge in [-0.1, -0.05) is 35.7 Å². The van der Waals surface area contributed by atoms with Crippen LogP contribution >= 0.6 is 35.7 Å². The van der Waals surface area contributed by atoms with E-state index in [0.717, 1.165) is 22.5 Å². The number of thiocarbonyl (C=S) groups is 1. The maximum absolute atomic E-state index is 12.3. The van der Waals surface area contributed by atoms with Gasteiger partial charge >= 0.3 is 0 Å². The minimum atomic E-state index is -0.00451. The fourth-order valence-corrected chi connectivity index (χ4v) is 5.56. The number of carbonyl (C=O) groups is 1. The van der Waals surface area contributed by atoms with Gasteiger partial charge < -0.3 is 9.32 Å². The molecule has 4 rings (SSSR count). The van der Waals surface area contributed by atoms with Gasteiger partial charge in [0.15, 0.2) is 0 Å². The SMILES string of the molecule is CCN1C(=O)C(=CC=C2Sc3c(ccc4occc34)N2CC)SC1=S. The largest absolute Gasteiger partial charge is 0.464 e. The van der Waals surface area contributed by atoms with Crippen LogP contribution in [0.2, 0.25) is 0 Å². The van der Waals surface area contributed by atoms with Crippen molar-refractivity contribution in [1.82, 2.24) is 4.90 Å². The van der Waals surface area contributed by atoms with Crippen molar-refractivity contribution >= 4 is 62.6 Å². The van der Waals surface area contributed by atoms with E-state index in [1.54, 1.807) is 22.9 Å². The van der Waals surface area contributed by atoms with Gasteiger partial charge in [0, 0.05) is 23.4 Å². The number of likely N-dealkylation sites (N-methyl/N-ethyl adjacent to an activating group) is 1. The van der Waals surface area contributed by atoms with Crippen LogP contribution in [0, 0.1) is 0 Å². The summed E-state index contributed by atoms with van der Waals surface area (Å²) >= 11 is 8.35. The predicted octanol–water partition coefficient (Wildman–Crippen LogP) is 4.97. The van der Waals surface area contributed by atoms with E-state index in [1.165, 1.54) is 22.3 Å². The molecule has 2 aromatic rings. The predicted molar refractivity (Wildman–Crippen MR) is 109 cm³/mol. The first-order valence-corrected chi connectivity index (χ1v) is 10.1. The molecule has 1 aromatic heterocycles. The van der Waals surface area contributed by atoms with Gasteiger partial charge in [0.1, 0.15) is 9.90 Å². The molecule has 1 saturated heterocycles. The molecule has 0 atom stereocenters. The Morgan fingerprint density at radius 3 is 2.64 bits per heavy atom. The summed E-state index contributed by atoms with van der Waals surface area (Å²) in [5, 5.41) is 2.23. The summed E-state index contributed by atoms with van der Waals surface area (Å²) in [7, 11) is 0. The van der Waals surface area contributed by atoms with Crippen LogP contribution in [-0.2, 0) is 4.79 Å². The number of nitrogens with zero attached hydrogens (tertiary/aromatic N) is 2. The number of carbonyl (C=O) groups excluding carboxylic acids is 1. The zero-order valence-electron chi connectivity index (χ0n) is 13.8. The van der Waals surface area contributed by atoms with E-state index in [0.29, 0.717) is 15.8 Å². The Balaban J connectivity index is 1.69. The van der Waals surface area contributed by atoms with E-state index in [9.17, 15) is 4.79 Å². The van der Waals surface area contributed by atoms with Crippen molar-refractivity contribution in [1.29, 1.82) is 0 Å². The summed E-state index contributed by atoms with van der Waals surface area (Å²) < 4.78 is 6.14. The quantitative estimate of drug-likeness (QED) is 0.546. The fourth-order valence-electron chi connectivity index (χ4n) is 2.99. The molecule has 2 aliphatic rings. The maximum atomic E-state index is 12.3. The van der Waals surface area contributed by atoms with E-state index in [2.05, 4.69) is 17.9 Å². The average molecular weight is 389 g/mol. The summed E-state index contributed by atoms with van der Waals surface area (Å²) in [6, 6.07) is 6.10. The molecule has 0 bridgehead atoms. The zero-order valence-corrected chi connectivity index (χ0v) is 16.3. The second-order valence-corrected chi connectivity index (χ2v) is 8.25. The normalized spacial score (nSPS) is 20.6. The van der Waals surface area contributed by atoms with Crippen LogP contribution < -0.4 is 4.90 Å². The van der Waals surface area contributed by atoms with E-state index in [1.807, 2.05) is 31.2 Å². The number of hydrogen-bond acceptors (Lipinski definition) is 6. The lowest BCUT2D eigenvalue weighted by Crippen LogP contribution is -2.27. The van der Waals surface area contributed by atoms with Crippen LogP contribution in [0.25, 0.3) is 11.0 Å². The average Bonchev–Trinajstić information content (AvgIpc) is 3.27. The highest BCUT2D eigenvalue weighted by molar-refractivity contribution is 8.26. The second kappa shape index (κ2) is 6.55. The number of anilines is 1. The number of fused-ring (bicyclic) bond motifs is 3. The Bertz CT molecular complexity index is 945. The minimum absolute atomic E-state index is 0.00451. The summed E-state index contributed by atoms with van der Waals surface area (Å²) in [6.45, 7) is 5.53. The third-order valence-electron chi connectivity index (χ3n) is 4.21. The lowest BCUT2D eigenvalue weighted by Gasteiger charge is -2.17. The van der Waals surface area contributed by atoms with Gasteiger partial charge in [-0.05, 0) is 44.2 Å². The monoisotopic (exact) mass is 388 g/mol. The van der Waals surface area contributed by atoms with Gasteiger partial charge in [-0.3, -0.25) is 9.69 Å². The molecule has 0 spiro atoms. The van der Waals surface area contributed by atoms with Crippen LogP contribution in [0.5, 0.6) is 0 Å². The third kappa shape index (κ3) is 2.70. The zero-order chi connectivity index (χ0) is 17.6. The number of allylic oxidation sites excluding steroid dienone is 2. The highest BCUT2D eigenvalue weighted by Gasteiger charge is 2.31. The van der Waals surface area contributed by atoms with Crippen molar-refractivity contribution in [2.24, 2.45) is 0 Å². The number of amides is 1. The molecule has 0 radical (unpaired) electrons. The third-order valence-corrected chi connectivity index (χ3v) is 6.81. The van der Waals surface area contributed by atoms with E-state index < -0.39 is 0 Å². The maximum Gasteiger partial charge on any atom is 0.266 e. The summed E-state index contributed by atoms with van der Waals surface area (Å²) in [6.07, 6.45) is 5.63. The Kier molecular flexibility index (Phi) is 4.39. The molecule has 7 heteroatoms. The van der Waals surface area contributed by atoms with Crippen LogP contribution in [-0.4, -0.2) is 28.2 Å². The first-order valence-electron chi connectivity index (χ1n) is 8.05. The molecular formula is C18H16N2O2S3. The van der Waals surface area contributed by atoms with Crippen molar-refractivity contribution in [2.45, 2.75) is 18.7 Å². The Morgan fingerprint density at radius 2 is 1.92 bits per heavy atom. The molecule has 3 heterocycles. The molecule has 1 amide bonds. The fraction of sp³-hybridized carbons (Fsp3) is 0.222. The molecule has 4 nitrogen and oxygen atoms in total. The summed E-state index contributed by atoms with van der Waals surface area (Å²) in [5.41, 5.74) is 2.08. The van der Waals surface area contributed by atoms with Crippen molar-refractivity contribution < 1.29 is 9.21 Å². The molecule has 2 aliphatic heterocycles. The van der Waals surface area contributed by atoms with Gasteiger partial charge in [-0.2, -0.15) is 0 Å². The topological polar surface area (TPSA) is 36.7 Å². The molecule has 1 aromatic carbocycles. The molecule has 1 fully saturated rings. The number of benzene rings is 1. The number of hydrogen-bond donors (Lipinski definition) is 0. The van der Waals surface area contributed by atoms with Crippen LogP contribution in [0.4, 0.5) is 5.69 Å². The van der Waals surface area contributed by atoms with Crippen molar-refractivity contribution in [3.8, 4) is 0 Å². The summed E-state index contributed by atoms with van der Waals surface area (Å²) in [4.78, 5) is 18.1. The summed E-state index contributed by atoms with van der Waals surface area (Å²) in [5.74, 6) is -0.00451. The Hall–Kier alpha value is -1.70. The van der Waals surface area contributed by atoms with E-state index >= 15 is 0 Å². The Labute approximate surface area is 159 Å². The van der Waals surface area contributed by atoms with Crippen LogP contribution in [0.3, 0.4) is 0 Å². The standard InChI is InChI=1S/C18H16N2O2S3/c1-3-19-12-5-6-13-11(9-10-22-13)16(12)25-15(19)8-7-14-17(21)20(4-2)18(23)24-14/h5-10H,3-4H2,1-2H3. The first-order chi connectivity index (χ1) is 12.1. The molecule has 128 valence electrons. The van der Waals surface area contributed by atoms with Crippen LogP contribution in [0.1, 0.15) is 13.8 Å². The lowest BCUT2D eigenvalue weighted by molar-refractivity contribution is -0.122. The molecular weight excluding hydrogens is 372 g/mol. The molecule has 0 N–H and O–H groups in total. The minimum Gasteiger partial charge on any atom is -0.464 e. The number of rotatable bonds is 3. The lowest BCUT2D eigenvalue weighted by atomic mass is 10.2. The van der Waals surface area contributed by atoms with Gasteiger partial charge in [0.05, 0.1) is 21.9 Å². The second-order valence-electron chi connectivity index (χ2n) is 5.55. The molecule has 25 heavy (non-hydrogen) atoms. The number of furan rings is 1. The van der Waals surface area contributed by atoms with Crippen LogP contribution in [0.15, 0.2) is 55.9 Å². The van der Waals surface area contributed by atoms with E-state index in [-0.39, 0.29) is 5.91 Å². The van der Waals surface area contributed by atoms with Gasteiger partial charge in [-0.15, -0.1) is 0 Å². The van der Waals surface area contributed by atoms with Crippen molar-refractivity contribution in [3.63, 3.8) is 0 Å². The van der Waals surface area contributed by atoms with Crippen molar-refractivity contribution in [3.05, 3.63) is 46.5 Å². The molecule has 0 aliphatic carbocycles. The Morgan fingerprint density at radius 1 is 1.12 bits per heavy atom. The van der Waals surface area contributed by atoms with Gasteiger partial charge in [0.25, 0.3) is 5.91 Å². The highest BCUT2D eigenvalue weighted by atomic mass is 32.2. The molecule has 0 unspecified atom stereocenters. The van der Waals surface area contributed by atoms with Gasteiger partial charge in [0.2, 0.25) is 0 Å². The first kappa shape index (κ1) is 16.8. The van der Waals surface area contributed by atoms with Gasteiger partial charge in [-0.25, -0.2) is 0 Å². The highest BCUT2D eigenvalue weighted by Crippen LogP contribution is 2.49. The molecule has 0 saturated carbocycles. The smallest absolute Gasteiger partial charge is 0.266 e.